The van der Waals surface area contributed by atoms with Gasteiger partial charge in [-0.15, -0.1) is 0 Å². The molecular formula is C22H14ClN3O3S. The number of ether oxygens (including phenoxy) is 1. The Morgan fingerprint density at radius 3 is 2.77 bits per heavy atom. The Hall–Kier alpha value is -3.60. The second-order valence-corrected chi connectivity index (χ2v) is 7.65. The molecule has 8 heteroatoms. The van der Waals surface area contributed by atoms with Gasteiger partial charge in [0.05, 0.1) is 17.3 Å². The summed E-state index contributed by atoms with van der Waals surface area (Å²) in [6.07, 6.45) is 1.39. The van der Waals surface area contributed by atoms with Crippen LogP contribution in [-0.2, 0) is 4.79 Å². The summed E-state index contributed by atoms with van der Waals surface area (Å²) in [5.41, 5.74) is 1.48. The molecule has 0 aliphatic carbocycles. The highest BCUT2D eigenvalue weighted by molar-refractivity contribution is 7.22. The van der Waals surface area contributed by atoms with E-state index in [1.165, 1.54) is 17.4 Å². The first-order chi connectivity index (χ1) is 14.6. The van der Waals surface area contributed by atoms with Crippen LogP contribution in [0, 0.1) is 11.3 Å². The number of fused-ring (bicyclic) bond motifs is 1. The molecule has 1 N–H and O–H groups in total. The molecule has 1 amide bonds. The van der Waals surface area contributed by atoms with E-state index in [1.807, 2.05) is 30.3 Å². The lowest BCUT2D eigenvalue weighted by atomic mass is 10.2. The third-order valence-corrected chi connectivity index (χ3v) is 5.41. The summed E-state index contributed by atoms with van der Waals surface area (Å²) in [6, 6.07) is 18.0. The van der Waals surface area contributed by atoms with Crippen LogP contribution in [0.1, 0.15) is 5.76 Å². The summed E-state index contributed by atoms with van der Waals surface area (Å²) in [4.78, 5) is 16.9. The van der Waals surface area contributed by atoms with E-state index in [0.29, 0.717) is 27.4 Å². The van der Waals surface area contributed by atoms with Crippen molar-refractivity contribution in [1.82, 2.24) is 4.98 Å². The lowest BCUT2D eigenvalue weighted by Gasteiger charge is -1.99. The van der Waals surface area contributed by atoms with Crippen LogP contribution < -0.4 is 10.1 Å². The zero-order chi connectivity index (χ0) is 21.1. The minimum Gasteiger partial charge on any atom is -0.497 e. The summed E-state index contributed by atoms with van der Waals surface area (Å²) < 4.78 is 11.8. The maximum Gasteiger partial charge on any atom is 0.268 e. The lowest BCUT2D eigenvalue weighted by molar-refractivity contribution is -0.112. The van der Waals surface area contributed by atoms with E-state index < -0.39 is 5.91 Å². The van der Waals surface area contributed by atoms with Gasteiger partial charge in [-0.2, -0.15) is 5.26 Å². The molecule has 0 unspecified atom stereocenters. The Bertz CT molecular complexity index is 1300. The zero-order valence-electron chi connectivity index (χ0n) is 15.7. The van der Waals surface area contributed by atoms with Gasteiger partial charge in [-0.1, -0.05) is 22.9 Å². The summed E-state index contributed by atoms with van der Waals surface area (Å²) in [5.74, 6) is 1.14. The molecule has 6 nitrogen and oxygen atoms in total. The summed E-state index contributed by atoms with van der Waals surface area (Å²) in [7, 11) is 1.59. The van der Waals surface area contributed by atoms with Crippen molar-refractivity contribution in [3.8, 4) is 23.1 Å². The molecule has 0 radical (unpaired) electrons. The number of methoxy groups -OCH3 is 1. The predicted octanol–water partition coefficient (Wildman–Crippen LogP) is 5.76. The highest BCUT2D eigenvalue weighted by Crippen LogP contribution is 2.30. The van der Waals surface area contributed by atoms with E-state index in [-0.39, 0.29) is 5.57 Å². The van der Waals surface area contributed by atoms with Gasteiger partial charge in [-0.3, -0.25) is 10.1 Å². The minimum atomic E-state index is -0.562. The van der Waals surface area contributed by atoms with Crippen molar-refractivity contribution in [2.24, 2.45) is 0 Å². The highest BCUT2D eigenvalue weighted by atomic mass is 35.5. The van der Waals surface area contributed by atoms with Crippen LogP contribution in [0.5, 0.6) is 5.75 Å². The Morgan fingerprint density at radius 1 is 1.23 bits per heavy atom. The Kier molecular flexibility index (Phi) is 5.53. The molecule has 148 valence electrons. The average Bonchev–Trinajstić information content (AvgIpc) is 3.38. The Labute approximate surface area is 181 Å². The molecule has 4 rings (SSSR count). The number of nitrogens with zero attached hydrogens (tertiary/aromatic N) is 2. The van der Waals surface area contributed by atoms with Gasteiger partial charge in [0.15, 0.2) is 5.13 Å². The number of rotatable bonds is 5. The molecular weight excluding hydrogens is 422 g/mol. The lowest BCUT2D eigenvalue weighted by Crippen LogP contribution is -2.13. The number of hydrogen-bond acceptors (Lipinski definition) is 6. The van der Waals surface area contributed by atoms with Crippen LogP contribution in [0.3, 0.4) is 0 Å². The van der Waals surface area contributed by atoms with Crippen molar-refractivity contribution in [3.63, 3.8) is 0 Å². The van der Waals surface area contributed by atoms with Gasteiger partial charge in [-0.25, -0.2) is 4.98 Å². The van der Waals surface area contributed by atoms with Gasteiger partial charge in [0, 0.05) is 16.7 Å². The molecule has 0 spiro atoms. The van der Waals surface area contributed by atoms with Gasteiger partial charge in [0.1, 0.15) is 28.9 Å². The number of nitriles is 1. The number of furan rings is 1. The van der Waals surface area contributed by atoms with E-state index >= 15 is 0 Å². The normalized spacial score (nSPS) is 11.3. The number of aromatic nitrogens is 1. The molecule has 0 aliphatic rings. The second kappa shape index (κ2) is 8.41. The second-order valence-electron chi connectivity index (χ2n) is 6.19. The number of benzene rings is 2. The predicted molar refractivity (Wildman–Crippen MR) is 118 cm³/mol. The highest BCUT2D eigenvalue weighted by Gasteiger charge is 2.14. The van der Waals surface area contributed by atoms with Crippen molar-refractivity contribution in [2.75, 3.05) is 12.4 Å². The molecule has 2 heterocycles. The Morgan fingerprint density at radius 2 is 2.03 bits per heavy atom. The Balaban J connectivity index is 1.53. The third kappa shape index (κ3) is 4.20. The first-order valence-corrected chi connectivity index (χ1v) is 9.98. The molecule has 0 atom stereocenters. The summed E-state index contributed by atoms with van der Waals surface area (Å²) in [6.45, 7) is 0. The van der Waals surface area contributed by atoms with Gasteiger partial charge in [0.2, 0.25) is 0 Å². The van der Waals surface area contributed by atoms with E-state index in [2.05, 4.69) is 10.3 Å². The fraction of sp³-hybridized carbons (Fsp3) is 0.0455. The first-order valence-electron chi connectivity index (χ1n) is 8.79. The van der Waals surface area contributed by atoms with Crippen molar-refractivity contribution in [2.45, 2.75) is 0 Å². The fourth-order valence-corrected chi connectivity index (χ4v) is 3.76. The number of nitrogens with one attached hydrogen (secondary N) is 1. The number of halogens is 1. The number of thiazole rings is 1. The van der Waals surface area contributed by atoms with Crippen molar-refractivity contribution < 1.29 is 13.9 Å². The smallest absolute Gasteiger partial charge is 0.268 e. The minimum absolute atomic E-state index is 0.0937. The molecule has 0 saturated heterocycles. The van der Waals surface area contributed by atoms with E-state index in [9.17, 15) is 10.1 Å². The summed E-state index contributed by atoms with van der Waals surface area (Å²) in [5, 5.41) is 13.1. The maximum atomic E-state index is 12.5. The zero-order valence-corrected chi connectivity index (χ0v) is 17.3. The fourth-order valence-electron chi connectivity index (χ4n) is 2.74. The van der Waals surface area contributed by atoms with Crippen LogP contribution in [0.25, 0.3) is 27.6 Å². The largest absolute Gasteiger partial charge is 0.497 e. The standard InChI is InChI=1S/C22H14ClN3O3S/c1-28-16-6-8-18-20(11-16)30-22(25-18)26-21(27)14(12-24)10-17-7-9-19(29-17)13-2-4-15(23)5-3-13/h2-11H,1H3,(H,25,26,27)/b14-10+. The number of carbonyl (C=O) groups is 1. The molecule has 0 aliphatic heterocycles. The van der Waals surface area contributed by atoms with Crippen LogP contribution in [0.4, 0.5) is 5.13 Å². The first kappa shape index (κ1) is 19.7. The van der Waals surface area contributed by atoms with Gasteiger partial charge < -0.3 is 9.15 Å². The van der Waals surface area contributed by atoms with Crippen LogP contribution in [0.2, 0.25) is 5.02 Å². The van der Waals surface area contributed by atoms with Gasteiger partial charge >= 0.3 is 0 Å². The van der Waals surface area contributed by atoms with Crippen molar-refractivity contribution >= 4 is 50.3 Å². The van der Waals surface area contributed by atoms with Crippen LogP contribution >= 0.6 is 22.9 Å². The molecule has 0 fully saturated rings. The number of amides is 1. The molecule has 0 saturated carbocycles. The van der Waals surface area contributed by atoms with Crippen molar-refractivity contribution in [3.05, 3.63) is 71.0 Å². The van der Waals surface area contributed by atoms with Crippen LogP contribution in [0.15, 0.2) is 64.6 Å². The molecule has 2 aromatic heterocycles. The van der Waals surface area contributed by atoms with E-state index in [0.717, 1.165) is 15.8 Å². The van der Waals surface area contributed by atoms with E-state index in [1.54, 1.807) is 37.4 Å². The topological polar surface area (TPSA) is 88.1 Å². The number of hydrogen-bond donors (Lipinski definition) is 1. The third-order valence-electron chi connectivity index (χ3n) is 4.22. The summed E-state index contributed by atoms with van der Waals surface area (Å²) >= 11 is 7.20. The van der Waals surface area contributed by atoms with Crippen LogP contribution in [-0.4, -0.2) is 18.0 Å². The number of anilines is 1. The molecule has 2 aromatic carbocycles. The van der Waals surface area contributed by atoms with Gasteiger partial charge in [0.25, 0.3) is 5.91 Å². The SMILES string of the molecule is COc1ccc2nc(NC(=O)/C(C#N)=C/c3ccc(-c4ccc(Cl)cc4)o3)sc2c1. The van der Waals surface area contributed by atoms with E-state index in [4.69, 9.17) is 20.8 Å². The quantitative estimate of drug-likeness (QED) is 0.318. The van der Waals surface area contributed by atoms with Gasteiger partial charge in [-0.05, 0) is 54.6 Å². The maximum absolute atomic E-state index is 12.5. The van der Waals surface area contributed by atoms with Crippen molar-refractivity contribution in [1.29, 1.82) is 5.26 Å². The average molecular weight is 436 g/mol. The monoisotopic (exact) mass is 435 g/mol. The molecule has 4 aromatic rings. The molecule has 30 heavy (non-hydrogen) atoms. The molecule has 0 bridgehead atoms. The number of carbonyl (C=O) groups excluding carboxylic acids is 1.